The molecule has 102 valence electrons. The van der Waals surface area contributed by atoms with E-state index in [0.29, 0.717) is 24.2 Å². The molecule has 1 aromatic rings. The Hall–Kier alpha value is -2.09. The van der Waals surface area contributed by atoms with E-state index in [1.165, 1.54) is 0 Å². The molecule has 0 aliphatic rings. The third kappa shape index (κ3) is 4.59. The molecular formula is C14H19N3O2. The number of pyridine rings is 1. The molecule has 0 bridgehead atoms. The van der Waals surface area contributed by atoms with Gasteiger partial charge in [0, 0.05) is 18.7 Å². The summed E-state index contributed by atoms with van der Waals surface area (Å²) in [5, 5.41) is 21.0. The number of hydrogen-bond donors (Lipinski definition) is 2. The normalized spacial score (nSPS) is 11.7. The van der Waals surface area contributed by atoms with Gasteiger partial charge in [-0.25, -0.2) is 0 Å². The molecule has 1 rings (SSSR count). The number of aromatic nitrogens is 1. The first-order valence-corrected chi connectivity index (χ1v) is 6.28. The van der Waals surface area contributed by atoms with Gasteiger partial charge in [0.05, 0.1) is 16.9 Å². The van der Waals surface area contributed by atoms with Crippen LogP contribution in [0.4, 0.5) is 5.69 Å². The van der Waals surface area contributed by atoms with Crippen LogP contribution >= 0.6 is 0 Å². The number of nitrogens with zero attached hydrogens (tertiary/aromatic N) is 2. The molecule has 19 heavy (non-hydrogen) atoms. The average molecular weight is 261 g/mol. The van der Waals surface area contributed by atoms with Crippen molar-refractivity contribution in [2.75, 3.05) is 11.9 Å². The van der Waals surface area contributed by atoms with Gasteiger partial charge in [0.1, 0.15) is 6.07 Å². The predicted octanol–water partition coefficient (Wildman–Crippen LogP) is 2.48. The van der Waals surface area contributed by atoms with Gasteiger partial charge in [0.2, 0.25) is 0 Å². The monoisotopic (exact) mass is 261 g/mol. The fourth-order valence-electron chi connectivity index (χ4n) is 1.87. The van der Waals surface area contributed by atoms with Crippen LogP contribution in [0.5, 0.6) is 0 Å². The molecule has 0 aromatic carbocycles. The van der Waals surface area contributed by atoms with Crippen LogP contribution in [-0.4, -0.2) is 22.6 Å². The summed E-state index contributed by atoms with van der Waals surface area (Å²) in [6.07, 6.45) is 0.787. The van der Waals surface area contributed by atoms with E-state index in [2.05, 4.69) is 16.4 Å². The number of hydrogen-bond acceptors (Lipinski definition) is 4. The molecule has 0 saturated heterocycles. The average Bonchev–Trinajstić information content (AvgIpc) is 2.33. The lowest BCUT2D eigenvalue weighted by atomic mass is 10.1. The topological polar surface area (TPSA) is 86.0 Å². The van der Waals surface area contributed by atoms with Gasteiger partial charge < -0.3 is 10.4 Å². The number of carbonyl (C=O) groups is 1. The summed E-state index contributed by atoms with van der Waals surface area (Å²) >= 11 is 0. The quantitative estimate of drug-likeness (QED) is 0.821. The van der Waals surface area contributed by atoms with E-state index >= 15 is 0 Å². The number of carboxylic acids is 1. The van der Waals surface area contributed by atoms with E-state index in [1.54, 1.807) is 0 Å². The highest BCUT2D eigenvalue weighted by Gasteiger charge is 2.10. The van der Waals surface area contributed by atoms with Gasteiger partial charge >= 0.3 is 5.97 Å². The van der Waals surface area contributed by atoms with Crippen LogP contribution in [0.3, 0.4) is 0 Å². The Morgan fingerprint density at radius 2 is 2.26 bits per heavy atom. The van der Waals surface area contributed by atoms with E-state index < -0.39 is 5.97 Å². The van der Waals surface area contributed by atoms with Crippen molar-refractivity contribution in [2.45, 2.75) is 33.6 Å². The van der Waals surface area contributed by atoms with Crippen molar-refractivity contribution in [2.24, 2.45) is 5.92 Å². The van der Waals surface area contributed by atoms with Gasteiger partial charge in [-0.05, 0) is 32.3 Å². The summed E-state index contributed by atoms with van der Waals surface area (Å²) in [7, 11) is 0. The minimum Gasteiger partial charge on any atom is -0.481 e. The maximum atomic E-state index is 10.5. The molecule has 0 spiro atoms. The lowest BCUT2D eigenvalue weighted by molar-refractivity contribution is -0.137. The Morgan fingerprint density at radius 3 is 2.84 bits per heavy atom. The fourth-order valence-corrected chi connectivity index (χ4v) is 1.87. The largest absolute Gasteiger partial charge is 0.481 e. The zero-order valence-corrected chi connectivity index (χ0v) is 11.5. The summed E-state index contributed by atoms with van der Waals surface area (Å²) in [5.41, 5.74) is 2.89. The van der Waals surface area contributed by atoms with E-state index in [4.69, 9.17) is 10.4 Å². The minimum absolute atomic E-state index is 0.169. The van der Waals surface area contributed by atoms with Crippen LogP contribution in [-0.2, 0) is 4.79 Å². The van der Waals surface area contributed by atoms with Crippen molar-refractivity contribution in [3.05, 3.63) is 23.0 Å². The smallest absolute Gasteiger partial charge is 0.303 e. The van der Waals surface area contributed by atoms with Crippen molar-refractivity contribution in [1.29, 1.82) is 5.26 Å². The second-order valence-corrected chi connectivity index (χ2v) is 4.80. The Labute approximate surface area is 113 Å². The molecule has 0 amide bonds. The number of rotatable bonds is 6. The standard InChI is InChI=1S/C14H19N3O2/c1-9(4-5-14(18)19)8-16-13-6-10(2)17-11(3)12(13)7-15/h6,9H,4-5,8H2,1-3H3,(H,16,17)(H,18,19). The van der Waals surface area contributed by atoms with Crippen molar-refractivity contribution >= 4 is 11.7 Å². The predicted molar refractivity (Wildman–Crippen MR) is 72.9 cm³/mol. The lowest BCUT2D eigenvalue weighted by Crippen LogP contribution is -2.14. The van der Waals surface area contributed by atoms with Crippen molar-refractivity contribution in [1.82, 2.24) is 4.98 Å². The summed E-state index contributed by atoms with van der Waals surface area (Å²) in [4.78, 5) is 14.7. The molecule has 0 aliphatic heterocycles. The van der Waals surface area contributed by atoms with Crippen molar-refractivity contribution in [3.63, 3.8) is 0 Å². The van der Waals surface area contributed by atoms with Gasteiger partial charge in [-0.2, -0.15) is 5.26 Å². The molecule has 1 atom stereocenters. The van der Waals surface area contributed by atoms with E-state index in [-0.39, 0.29) is 12.3 Å². The molecule has 1 unspecified atom stereocenters. The number of carboxylic acid groups (broad SMARTS) is 1. The summed E-state index contributed by atoms with van der Waals surface area (Å²) in [5.74, 6) is -0.545. The second-order valence-electron chi connectivity index (χ2n) is 4.80. The van der Waals surface area contributed by atoms with Crippen LogP contribution in [0.2, 0.25) is 0 Å². The van der Waals surface area contributed by atoms with Crippen LogP contribution in [0.25, 0.3) is 0 Å². The van der Waals surface area contributed by atoms with Crippen LogP contribution in [0, 0.1) is 31.1 Å². The van der Waals surface area contributed by atoms with Gasteiger partial charge in [-0.1, -0.05) is 6.92 Å². The van der Waals surface area contributed by atoms with Gasteiger partial charge in [0.25, 0.3) is 0 Å². The van der Waals surface area contributed by atoms with Crippen LogP contribution in [0.15, 0.2) is 6.07 Å². The molecule has 0 aliphatic carbocycles. The zero-order chi connectivity index (χ0) is 14.4. The zero-order valence-electron chi connectivity index (χ0n) is 11.5. The second kappa shape index (κ2) is 6.74. The molecule has 1 aromatic heterocycles. The Kier molecular flexibility index (Phi) is 5.31. The van der Waals surface area contributed by atoms with E-state index in [9.17, 15) is 4.79 Å². The van der Waals surface area contributed by atoms with Gasteiger partial charge in [-0.15, -0.1) is 0 Å². The highest BCUT2D eigenvalue weighted by Crippen LogP contribution is 2.19. The maximum absolute atomic E-state index is 10.5. The van der Waals surface area contributed by atoms with Gasteiger partial charge in [-0.3, -0.25) is 9.78 Å². The molecule has 2 N–H and O–H groups in total. The number of nitriles is 1. The Morgan fingerprint density at radius 1 is 1.58 bits per heavy atom. The van der Waals surface area contributed by atoms with E-state index in [0.717, 1.165) is 11.4 Å². The minimum atomic E-state index is -0.778. The van der Waals surface area contributed by atoms with Gasteiger partial charge in [0.15, 0.2) is 0 Å². The third-order valence-electron chi connectivity index (χ3n) is 2.93. The van der Waals surface area contributed by atoms with Crippen LogP contribution in [0.1, 0.15) is 36.7 Å². The summed E-state index contributed by atoms with van der Waals surface area (Å²) < 4.78 is 0. The molecule has 0 radical (unpaired) electrons. The molecule has 5 heteroatoms. The Bertz CT molecular complexity index is 506. The SMILES string of the molecule is Cc1cc(NCC(C)CCC(=O)O)c(C#N)c(C)n1. The number of anilines is 1. The lowest BCUT2D eigenvalue weighted by Gasteiger charge is -2.14. The maximum Gasteiger partial charge on any atom is 0.303 e. The summed E-state index contributed by atoms with van der Waals surface area (Å²) in [6.45, 7) is 6.32. The van der Waals surface area contributed by atoms with E-state index in [1.807, 2.05) is 26.8 Å². The molecule has 5 nitrogen and oxygen atoms in total. The molecule has 0 fully saturated rings. The number of aryl methyl sites for hydroxylation is 2. The first-order chi connectivity index (χ1) is 8.93. The molecule has 1 heterocycles. The summed E-state index contributed by atoms with van der Waals surface area (Å²) in [6, 6.07) is 3.99. The van der Waals surface area contributed by atoms with Crippen molar-refractivity contribution < 1.29 is 9.90 Å². The first kappa shape index (κ1) is 15.0. The number of nitrogens with one attached hydrogen (secondary N) is 1. The highest BCUT2D eigenvalue weighted by molar-refractivity contribution is 5.66. The Balaban J connectivity index is 2.67. The highest BCUT2D eigenvalue weighted by atomic mass is 16.4. The molecular weight excluding hydrogens is 242 g/mol. The third-order valence-corrected chi connectivity index (χ3v) is 2.93. The van der Waals surface area contributed by atoms with Crippen LogP contribution < -0.4 is 5.32 Å². The fraction of sp³-hybridized carbons (Fsp3) is 0.500. The number of aliphatic carboxylic acids is 1. The molecule has 0 saturated carbocycles. The first-order valence-electron chi connectivity index (χ1n) is 6.28. The van der Waals surface area contributed by atoms with Crippen molar-refractivity contribution in [3.8, 4) is 6.07 Å².